The predicted octanol–water partition coefficient (Wildman–Crippen LogP) is 2.88. The van der Waals surface area contributed by atoms with Crippen LogP contribution in [-0.2, 0) is 9.59 Å². The van der Waals surface area contributed by atoms with E-state index in [4.69, 9.17) is 4.74 Å². The van der Waals surface area contributed by atoms with Gasteiger partial charge in [0.05, 0.1) is 12.1 Å². The molecular weight excluding hydrogens is 366 g/mol. The zero-order chi connectivity index (χ0) is 20.1. The van der Waals surface area contributed by atoms with Crippen LogP contribution in [0.2, 0.25) is 0 Å². The highest BCUT2D eigenvalue weighted by Gasteiger charge is 2.37. The third-order valence-electron chi connectivity index (χ3n) is 6.53. The number of carbonyl (C=O) groups excluding carboxylic acids is 2. The molecule has 0 spiro atoms. The second kappa shape index (κ2) is 9.61. The van der Waals surface area contributed by atoms with Crippen molar-refractivity contribution in [2.45, 2.75) is 88.6 Å². The van der Waals surface area contributed by atoms with E-state index >= 15 is 0 Å². The number of rotatable bonds is 7. The smallest absolute Gasteiger partial charge is 0.225 e. The van der Waals surface area contributed by atoms with Gasteiger partial charge in [-0.2, -0.15) is 0 Å². The fourth-order valence-electron chi connectivity index (χ4n) is 5.01. The summed E-state index contributed by atoms with van der Waals surface area (Å²) in [6, 6.07) is 10.4. The number of carbonyl (C=O) groups is 2. The Bertz CT molecular complexity index is 696. The van der Waals surface area contributed by atoms with Crippen LogP contribution in [0.1, 0.15) is 64.2 Å². The van der Waals surface area contributed by atoms with Crippen molar-refractivity contribution in [1.29, 1.82) is 0 Å². The molecule has 4 rings (SSSR count). The normalized spacial score (nSPS) is 31.6. The Morgan fingerprint density at radius 3 is 2.79 bits per heavy atom. The minimum absolute atomic E-state index is 0.00443. The Morgan fingerprint density at radius 1 is 1.10 bits per heavy atom. The maximum atomic E-state index is 12.3. The van der Waals surface area contributed by atoms with Gasteiger partial charge in [0, 0.05) is 24.9 Å². The number of para-hydroxylation sites is 1. The first-order valence-corrected chi connectivity index (χ1v) is 11.2. The highest BCUT2D eigenvalue weighted by atomic mass is 16.5. The summed E-state index contributed by atoms with van der Waals surface area (Å²) >= 11 is 0. The van der Waals surface area contributed by atoms with Gasteiger partial charge in [-0.25, -0.2) is 0 Å². The van der Waals surface area contributed by atoms with E-state index in [1.165, 1.54) is 6.42 Å². The van der Waals surface area contributed by atoms with Crippen molar-refractivity contribution in [2.24, 2.45) is 5.92 Å². The summed E-state index contributed by atoms with van der Waals surface area (Å²) in [5.41, 5.74) is 0. The quantitative estimate of drug-likeness (QED) is 0.659. The maximum Gasteiger partial charge on any atom is 0.225 e. The second-order valence-electron chi connectivity index (χ2n) is 8.75. The first-order chi connectivity index (χ1) is 14.2. The molecule has 3 unspecified atom stereocenters. The van der Waals surface area contributed by atoms with E-state index in [2.05, 4.69) is 16.0 Å². The average Bonchev–Trinajstić information content (AvgIpc) is 3.15. The molecule has 1 heterocycles. The molecule has 2 saturated carbocycles. The molecule has 158 valence electrons. The molecule has 2 amide bonds. The van der Waals surface area contributed by atoms with E-state index in [1.54, 1.807) is 0 Å². The molecule has 3 N–H and O–H groups in total. The Kier molecular flexibility index (Phi) is 6.70. The lowest BCUT2D eigenvalue weighted by Crippen LogP contribution is -2.62. The summed E-state index contributed by atoms with van der Waals surface area (Å²) in [5.74, 6) is 1.33. The van der Waals surface area contributed by atoms with Crippen molar-refractivity contribution in [3.8, 4) is 5.75 Å². The van der Waals surface area contributed by atoms with Gasteiger partial charge in [0.25, 0.3) is 0 Å². The van der Waals surface area contributed by atoms with E-state index in [9.17, 15) is 9.59 Å². The van der Waals surface area contributed by atoms with Gasteiger partial charge in [0.2, 0.25) is 11.8 Å². The number of nitrogens with one attached hydrogen (secondary N) is 3. The lowest BCUT2D eigenvalue weighted by Gasteiger charge is -2.40. The number of hydrogen-bond donors (Lipinski definition) is 3. The lowest BCUT2D eigenvalue weighted by molar-refractivity contribution is -0.130. The first kappa shape index (κ1) is 20.2. The van der Waals surface area contributed by atoms with Gasteiger partial charge in [-0.1, -0.05) is 31.0 Å². The summed E-state index contributed by atoms with van der Waals surface area (Å²) in [5, 5.41) is 9.83. The molecule has 0 radical (unpaired) electrons. The van der Waals surface area contributed by atoms with E-state index in [-0.39, 0.29) is 36.0 Å². The average molecular weight is 400 g/mol. The van der Waals surface area contributed by atoms with Gasteiger partial charge in [0.1, 0.15) is 11.9 Å². The zero-order valence-electron chi connectivity index (χ0n) is 17.1. The molecule has 3 aliphatic rings. The number of benzene rings is 1. The van der Waals surface area contributed by atoms with Gasteiger partial charge >= 0.3 is 0 Å². The first-order valence-electron chi connectivity index (χ1n) is 11.2. The van der Waals surface area contributed by atoms with Gasteiger partial charge in [-0.15, -0.1) is 0 Å². The highest BCUT2D eigenvalue weighted by molar-refractivity contribution is 5.80. The summed E-state index contributed by atoms with van der Waals surface area (Å²) in [7, 11) is 0. The number of hydrogen-bond acceptors (Lipinski definition) is 4. The van der Waals surface area contributed by atoms with Crippen molar-refractivity contribution in [1.82, 2.24) is 16.0 Å². The van der Waals surface area contributed by atoms with Crippen LogP contribution >= 0.6 is 0 Å². The van der Waals surface area contributed by atoms with E-state index in [0.29, 0.717) is 12.5 Å². The maximum absolute atomic E-state index is 12.3. The van der Waals surface area contributed by atoms with E-state index in [1.807, 2.05) is 30.3 Å². The molecule has 1 aromatic rings. The SMILES string of the molecule is O=C(CCCC1NC(=O)C2CCCCC2N1)N[C@H]1CC[C@H](Oc2ccccc2)C1. The van der Waals surface area contributed by atoms with E-state index < -0.39 is 0 Å². The van der Waals surface area contributed by atoms with Gasteiger partial charge < -0.3 is 15.4 Å². The molecule has 2 aliphatic carbocycles. The Hall–Kier alpha value is -2.08. The third-order valence-corrected chi connectivity index (χ3v) is 6.53. The fourth-order valence-corrected chi connectivity index (χ4v) is 5.01. The summed E-state index contributed by atoms with van der Waals surface area (Å²) in [4.78, 5) is 24.6. The highest BCUT2D eigenvalue weighted by Crippen LogP contribution is 2.28. The molecule has 0 bridgehead atoms. The van der Waals surface area contributed by atoms with Gasteiger partial charge in [-0.05, 0) is 50.7 Å². The second-order valence-corrected chi connectivity index (χ2v) is 8.75. The van der Waals surface area contributed by atoms with Crippen molar-refractivity contribution in [3.05, 3.63) is 30.3 Å². The minimum Gasteiger partial charge on any atom is -0.490 e. The molecule has 5 atom stereocenters. The predicted molar refractivity (Wildman–Crippen MR) is 111 cm³/mol. The monoisotopic (exact) mass is 399 g/mol. The van der Waals surface area contributed by atoms with Crippen molar-refractivity contribution >= 4 is 11.8 Å². The van der Waals surface area contributed by atoms with Crippen LogP contribution in [0, 0.1) is 5.92 Å². The molecule has 1 aromatic carbocycles. The zero-order valence-corrected chi connectivity index (χ0v) is 17.1. The van der Waals surface area contributed by atoms with Crippen LogP contribution < -0.4 is 20.7 Å². The summed E-state index contributed by atoms with van der Waals surface area (Å²) in [6.07, 6.45) is 9.49. The molecule has 1 aliphatic heterocycles. The largest absolute Gasteiger partial charge is 0.490 e. The standard InChI is InChI=1S/C23H33N3O3/c27-22(24-16-13-14-18(15-16)29-17-7-2-1-3-8-17)12-6-11-21-25-20-10-5-4-9-19(20)23(28)26-21/h1-3,7-8,16,18-21,25H,4-6,9-15H2,(H,24,27)(H,26,28)/t16-,18-,19?,20?,21?/m0/s1. The molecule has 1 saturated heterocycles. The van der Waals surface area contributed by atoms with Crippen LogP contribution in [0.15, 0.2) is 30.3 Å². The van der Waals surface area contributed by atoms with Crippen LogP contribution in [0.4, 0.5) is 0 Å². The Morgan fingerprint density at radius 2 is 1.93 bits per heavy atom. The Balaban J connectivity index is 1.13. The number of fused-ring (bicyclic) bond motifs is 1. The molecule has 6 heteroatoms. The molecule has 29 heavy (non-hydrogen) atoms. The van der Waals surface area contributed by atoms with Crippen LogP contribution in [-0.4, -0.2) is 36.2 Å². The Labute approximate surface area is 173 Å². The van der Waals surface area contributed by atoms with E-state index in [0.717, 1.165) is 57.1 Å². The third kappa shape index (κ3) is 5.50. The topological polar surface area (TPSA) is 79.5 Å². The number of amides is 2. The van der Waals surface area contributed by atoms with Crippen molar-refractivity contribution in [3.63, 3.8) is 0 Å². The fraction of sp³-hybridized carbons (Fsp3) is 0.652. The minimum atomic E-state index is 0.00443. The molecule has 6 nitrogen and oxygen atoms in total. The van der Waals surface area contributed by atoms with Crippen LogP contribution in [0.3, 0.4) is 0 Å². The number of ether oxygens (including phenoxy) is 1. The van der Waals surface area contributed by atoms with Gasteiger partial charge in [0.15, 0.2) is 0 Å². The molecular formula is C23H33N3O3. The summed E-state index contributed by atoms with van der Waals surface area (Å²) in [6.45, 7) is 0. The molecule has 0 aromatic heterocycles. The van der Waals surface area contributed by atoms with Gasteiger partial charge in [-0.3, -0.25) is 14.9 Å². The summed E-state index contributed by atoms with van der Waals surface area (Å²) < 4.78 is 6.00. The van der Waals surface area contributed by atoms with Crippen molar-refractivity contribution in [2.75, 3.05) is 0 Å². The molecule has 3 fully saturated rings. The van der Waals surface area contributed by atoms with Crippen LogP contribution in [0.5, 0.6) is 5.75 Å². The van der Waals surface area contributed by atoms with Crippen LogP contribution in [0.25, 0.3) is 0 Å². The van der Waals surface area contributed by atoms with Crippen molar-refractivity contribution < 1.29 is 14.3 Å². The lowest BCUT2D eigenvalue weighted by atomic mass is 9.82.